The van der Waals surface area contributed by atoms with Crippen molar-refractivity contribution in [2.45, 2.75) is 18.9 Å². The van der Waals surface area contributed by atoms with E-state index < -0.39 is 5.54 Å². The lowest BCUT2D eigenvalue weighted by atomic mass is 9.87. The average Bonchev–Trinajstić information content (AvgIpc) is 2.66. The van der Waals surface area contributed by atoms with Gasteiger partial charge in [0, 0.05) is 12.7 Å². The van der Waals surface area contributed by atoms with Crippen molar-refractivity contribution in [1.82, 2.24) is 9.88 Å². The van der Waals surface area contributed by atoms with E-state index in [2.05, 4.69) is 15.3 Å². The zero-order valence-corrected chi connectivity index (χ0v) is 15.4. The molecule has 8 nitrogen and oxygen atoms in total. The first-order valence-electron chi connectivity index (χ1n) is 8.36. The highest BCUT2D eigenvalue weighted by molar-refractivity contribution is 6.03. The fourth-order valence-corrected chi connectivity index (χ4v) is 2.84. The van der Waals surface area contributed by atoms with E-state index in [1.165, 1.54) is 18.2 Å². The van der Waals surface area contributed by atoms with Gasteiger partial charge in [-0.15, -0.1) is 0 Å². The maximum absolute atomic E-state index is 12.4. The van der Waals surface area contributed by atoms with Gasteiger partial charge in [-0.25, -0.2) is 9.98 Å². The Kier molecular flexibility index (Phi) is 4.81. The highest BCUT2D eigenvalue weighted by atomic mass is 16.5. The number of pyridine rings is 1. The van der Waals surface area contributed by atoms with Crippen LogP contribution in [0.5, 0.6) is 5.75 Å². The summed E-state index contributed by atoms with van der Waals surface area (Å²) in [6.45, 7) is 1.84. The number of aromatic nitrogens is 1. The van der Waals surface area contributed by atoms with Crippen molar-refractivity contribution in [2.75, 3.05) is 19.5 Å². The molecular weight excluding hydrogens is 346 g/mol. The lowest BCUT2D eigenvalue weighted by molar-refractivity contribution is -0.128. The van der Waals surface area contributed by atoms with E-state index >= 15 is 0 Å². The number of nitrogens with two attached hydrogens (primary N) is 1. The van der Waals surface area contributed by atoms with Crippen molar-refractivity contribution in [3.63, 3.8) is 0 Å². The average molecular weight is 367 g/mol. The molecule has 3 rings (SSSR count). The number of guanidine groups is 1. The molecule has 1 aliphatic heterocycles. The van der Waals surface area contributed by atoms with Gasteiger partial charge < -0.3 is 15.8 Å². The highest BCUT2D eigenvalue weighted by Crippen LogP contribution is 2.34. The molecule has 8 heteroatoms. The van der Waals surface area contributed by atoms with Crippen LogP contribution in [0.4, 0.5) is 5.69 Å². The number of rotatable bonds is 4. The molecular formula is C19H21N5O3. The summed E-state index contributed by atoms with van der Waals surface area (Å²) in [5.41, 5.74) is 6.71. The van der Waals surface area contributed by atoms with Crippen LogP contribution in [0.3, 0.4) is 0 Å². The van der Waals surface area contributed by atoms with Crippen molar-refractivity contribution in [2.24, 2.45) is 10.7 Å². The van der Waals surface area contributed by atoms with Gasteiger partial charge in [-0.2, -0.15) is 0 Å². The second-order valence-corrected chi connectivity index (χ2v) is 6.49. The Morgan fingerprint density at radius 3 is 2.74 bits per heavy atom. The predicted molar refractivity (Wildman–Crippen MR) is 102 cm³/mol. The molecule has 2 heterocycles. The third-order valence-electron chi connectivity index (χ3n) is 4.52. The monoisotopic (exact) mass is 367 g/mol. The lowest BCUT2D eigenvalue weighted by Crippen LogP contribution is -2.47. The van der Waals surface area contributed by atoms with Crippen molar-refractivity contribution in [3.8, 4) is 5.75 Å². The number of carbonyl (C=O) groups is 2. The third-order valence-corrected chi connectivity index (χ3v) is 4.52. The first-order chi connectivity index (χ1) is 12.8. The van der Waals surface area contributed by atoms with E-state index in [4.69, 9.17) is 10.5 Å². The summed E-state index contributed by atoms with van der Waals surface area (Å²) in [6.07, 6.45) is 1.68. The van der Waals surface area contributed by atoms with Crippen LogP contribution in [0.15, 0.2) is 47.6 Å². The van der Waals surface area contributed by atoms with E-state index in [0.29, 0.717) is 11.4 Å². The minimum atomic E-state index is -0.785. The first kappa shape index (κ1) is 18.4. The van der Waals surface area contributed by atoms with Gasteiger partial charge in [0.15, 0.2) is 5.96 Å². The molecule has 27 heavy (non-hydrogen) atoms. The third kappa shape index (κ3) is 3.74. The van der Waals surface area contributed by atoms with E-state index in [-0.39, 0.29) is 29.9 Å². The molecule has 0 fully saturated rings. The van der Waals surface area contributed by atoms with Gasteiger partial charge in [0.2, 0.25) is 5.91 Å². The molecule has 0 spiro atoms. The van der Waals surface area contributed by atoms with E-state index in [1.807, 2.05) is 13.0 Å². The van der Waals surface area contributed by atoms with E-state index in [1.54, 1.807) is 37.4 Å². The van der Waals surface area contributed by atoms with Gasteiger partial charge in [0.25, 0.3) is 5.91 Å². The fourth-order valence-electron chi connectivity index (χ4n) is 2.84. The summed E-state index contributed by atoms with van der Waals surface area (Å²) in [4.78, 5) is 34.5. The SMILES string of the molecule is COc1ccc(C(=O)Nc2cccc([C@]3(C)CC(=O)N(C)C(N)=N3)c2)nc1. The Morgan fingerprint density at radius 1 is 1.33 bits per heavy atom. The number of carbonyl (C=O) groups excluding carboxylic acids is 2. The van der Waals surface area contributed by atoms with Crippen LogP contribution in [0, 0.1) is 0 Å². The number of nitrogens with zero attached hydrogens (tertiary/aromatic N) is 3. The first-order valence-corrected chi connectivity index (χ1v) is 8.36. The standard InChI is InChI=1S/C19H21N5O3/c1-19(10-16(25)24(2)18(20)23-19)12-5-4-6-13(9-12)22-17(26)15-8-7-14(27-3)11-21-15/h4-9,11H,10H2,1-3H3,(H2,20,23)(H,22,26)/t19-/m0/s1. The Hall–Kier alpha value is -3.42. The zero-order valence-electron chi connectivity index (χ0n) is 15.4. The van der Waals surface area contributed by atoms with Crippen LogP contribution in [0.1, 0.15) is 29.4 Å². The van der Waals surface area contributed by atoms with E-state index in [9.17, 15) is 9.59 Å². The molecule has 1 aromatic heterocycles. The largest absolute Gasteiger partial charge is 0.495 e. The summed E-state index contributed by atoms with van der Waals surface area (Å²) in [5, 5.41) is 2.81. The van der Waals surface area contributed by atoms with Crippen molar-refractivity contribution in [3.05, 3.63) is 53.9 Å². The van der Waals surface area contributed by atoms with Gasteiger partial charge in [0.05, 0.1) is 25.3 Å². The van der Waals surface area contributed by atoms with E-state index in [0.717, 1.165) is 5.56 Å². The topological polar surface area (TPSA) is 110 Å². The van der Waals surface area contributed by atoms with Crippen molar-refractivity contribution < 1.29 is 14.3 Å². The maximum atomic E-state index is 12.4. The number of hydrogen-bond donors (Lipinski definition) is 2. The second-order valence-electron chi connectivity index (χ2n) is 6.49. The minimum absolute atomic E-state index is 0.109. The predicted octanol–water partition coefficient (Wildman–Crippen LogP) is 1.73. The van der Waals surface area contributed by atoms with Crippen LogP contribution in [0.2, 0.25) is 0 Å². The summed E-state index contributed by atoms with van der Waals surface area (Å²) in [7, 11) is 3.13. The number of methoxy groups -OCH3 is 1. The van der Waals surface area contributed by atoms with Gasteiger partial charge in [0.1, 0.15) is 11.4 Å². The van der Waals surface area contributed by atoms with Gasteiger partial charge in [-0.3, -0.25) is 14.5 Å². The maximum Gasteiger partial charge on any atom is 0.274 e. The summed E-state index contributed by atoms with van der Waals surface area (Å²) in [5.74, 6) is 0.291. The number of benzene rings is 1. The number of anilines is 1. The molecule has 1 atom stereocenters. The van der Waals surface area contributed by atoms with Crippen LogP contribution in [-0.4, -0.2) is 41.8 Å². The Labute approximate surface area is 157 Å². The fraction of sp³-hybridized carbons (Fsp3) is 0.263. The number of hydrogen-bond acceptors (Lipinski definition) is 6. The molecule has 0 saturated carbocycles. The Morgan fingerprint density at radius 2 is 2.11 bits per heavy atom. The van der Waals surface area contributed by atoms with Crippen LogP contribution in [0.25, 0.3) is 0 Å². The van der Waals surface area contributed by atoms with Gasteiger partial charge >= 0.3 is 0 Å². The number of amides is 2. The van der Waals surface area contributed by atoms with Gasteiger partial charge in [-0.05, 0) is 36.8 Å². The number of aliphatic imine (C=N–C) groups is 1. The molecule has 0 unspecified atom stereocenters. The summed E-state index contributed by atoms with van der Waals surface area (Å²) < 4.78 is 5.04. The molecule has 0 bridgehead atoms. The molecule has 0 aliphatic carbocycles. The summed E-state index contributed by atoms with van der Waals surface area (Å²) in [6, 6.07) is 10.5. The normalized spacial score (nSPS) is 19.4. The quantitative estimate of drug-likeness (QED) is 0.855. The number of ether oxygens (including phenoxy) is 1. The smallest absolute Gasteiger partial charge is 0.274 e. The van der Waals surface area contributed by atoms with Crippen LogP contribution < -0.4 is 15.8 Å². The van der Waals surface area contributed by atoms with Crippen LogP contribution >= 0.6 is 0 Å². The molecule has 140 valence electrons. The Balaban J connectivity index is 1.83. The molecule has 2 aromatic rings. The lowest BCUT2D eigenvalue weighted by Gasteiger charge is -2.33. The number of nitrogens with one attached hydrogen (secondary N) is 1. The molecule has 3 N–H and O–H groups in total. The Bertz CT molecular complexity index is 910. The molecule has 2 amide bonds. The molecule has 1 aliphatic rings. The minimum Gasteiger partial charge on any atom is -0.495 e. The van der Waals surface area contributed by atoms with Gasteiger partial charge in [-0.1, -0.05) is 12.1 Å². The molecule has 0 saturated heterocycles. The highest BCUT2D eigenvalue weighted by Gasteiger charge is 2.36. The summed E-state index contributed by atoms with van der Waals surface area (Å²) >= 11 is 0. The molecule has 0 radical (unpaired) electrons. The van der Waals surface area contributed by atoms with Crippen LogP contribution in [-0.2, 0) is 10.3 Å². The zero-order chi connectivity index (χ0) is 19.6. The molecule has 1 aromatic carbocycles. The van der Waals surface area contributed by atoms with Crippen molar-refractivity contribution in [1.29, 1.82) is 0 Å². The van der Waals surface area contributed by atoms with Crippen molar-refractivity contribution >= 4 is 23.5 Å². The second kappa shape index (κ2) is 7.06.